The summed E-state index contributed by atoms with van der Waals surface area (Å²) >= 11 is 0. The third-order valence-corrected chi connectivity index (χ3v) is 9.22. The molecule has 0 spiro atoms. The Morgan fingerprint density at radius 3 is 2.52 bits per heavy atom. The van der Waals surface area contributed by atoms with Gasteiger partial charge in [0.1, 0.15) is 10.5 Å². The van der Waals surface area contributed by atoms with Crippen LogP contribution in [-0.2, 0) is 10.0 Å². The maximum atomic E-state index is 13.0. The molecular formula is C19H22F2N4O4S2. The zero-order valence-electron chi connectivity index (χ0n) is 16.6. The number of aromatic amines is 1. The van der Waals surface area contributed by atoms with Crippen LogP contribution in [0.15, 0.2) is 41.6 Å². The summed E-state index contributed by atoms with van der Waals surface area (Å²) in [5.41, 5.74) is 1.04. The van der Waals surface area contributed by atoms with Crippen LogP contribution >= 0.6 is 10.6 Å². The van der Waals surface area contributed by atoms with E-state index in [0.29, 0.717) is 35.1 Å². The Morgan fingerprint density at radius 1 is 1.19 bits per heavy atom. The summed E-state index contributed by atoms with van der Waals surface area (Å²) in [6, 6.07) is 5.58. The molecule has 1 aliphatic heterocycles. The summed E-state index contributed by atoms with van der Waals surface area (Å²) in [5.74, 6) is 0.369. The van der Waals surface area contributed by atoms with Crippen molar-refractivity contribution in [2.24, 2.45) is 0 Å². The largest absolute Gasteiger partial charge is 0.338 e. The molecule has 168 valence electrons. The number of halogens is 2. The van der Waals surface area contributed by atoms with Crippen molar-refractivity contribution in [1.29, 1.82) is 0 Å². The molecule has 0 bridgehead atoms. The van der Waals surface area contributed by atoms with Gasteiger partial charge in [0.25, 0.3) is 6.43 Å². The van der Waals surface area contributed by atoms with Crippen LogP contribution in [0.2, 0.25) is 0 Å². The molecule has 4 rings (SSSR count). The molecule has 0 unspecified atom stereocenters. The van der Waals surface area contributed by atoms with Crippen LogP contribution < -0.4 is 0 Å². The van der Waals surface area contributed by atoms with Gasteiger partial charge in [0.2, 0.25) is 10.0 Å². The predicted molar refractivity (Wildman–Crippen MR) is 115 cm³/mol. The van der Waals surface area contributed by atoms with Crippen molar-refractivity contribution < 1.29 is 26.3 Å². The highest BCUT2D eigenvalue weighted by Crippen LogP contribution is 2.45. The third-order valence-electron chi connectivity index (χ3n) is 5.55. The Morgan fingerprint density at radius 2 is 1.90 bits per heavy atom. The lowest BCUT2D eigenvalue weighted by Gasteiger charge is -2.41. The molecule has 0 saturated carbocycles. The number of H-pyrrole nitrogens is 1. The zero-order chi connectivity index (χ0) is 22.4. The number of nitrogens with one attached hydrogen (secondary N) is 1. The first-order chi connectivity index (χ1) is 14.6. The van der Waals surface area contributed by atoms with Gasteiger partial charge >= 0.3 is 0 Å². The minimum atomic E-state index is -3.83. The van der Waals surface area contributed by atoms with Gasteiger partial charge in [-0.05, 0) is 37.1 Å². The second kappa shape index (κ2) is 8.10. The molecule has 12 heteroatoms. The van der Waals surface area contributed by atoms with Crippen molar-refractivity contribution in [1.82, 2.24) is 19.3 Å². The Hall–Kier alpha value is -2.12. The topological polar surface area (TPSA) is 119 Å². The summed E-state index contributed by atoms with van der Waals surface area (Å²) in [6.45, 7) is 0. The van der Waals surface area contributed by atoms with E-state index in [9.17, 15) is 26.3 Å². The molecule has 1 fully saturated rings. The minimum Gasteiger partial charge on any atom is -0.338 e. The first-order valence-corrected chi connectivity index (χ1v) is 12.8. The Bertz CT molecular complexity index is 1190. The van der Waals surface area contributed by atoms with Gasteiger partial charge in [0.05, 0.1) is 11.4 Å². The van der Waals surface area contributed by atoms with Crippen molar-refractivity contribution >= 4 is 31.6 Å². The lowest BCUT2D eigenvalue weighted by Crippen LogP contribution is -2.41. The van der Waals surface area contributed by atoms with E-state index >= 15 is 0 Å². The Labute approximate surface area is 179 Å². The highest BCUT2D eigenvalue weighted by molar-refractivity contribution is 8.24. The normalized spacial score (nSPS) is 18.7. The van der Waals surface area contributed by atoms with Gasteiger partial charge < -0.3 is 4.98 Å². The van der Waals surface area contributed by atoms with Crippen molar-refractivity contribution in [2.75, 3.05) is 18.6 Å². The van der Waals surface area contributed by atoms with Crippen molar-refractivity contribution in [2.45, 2.75) is 30.2 Å². The molecule has 0 amide bonds. The third kappa shape index (κ3) is 4.30. The fourth-order valence-corrected chi connectivity index (χ4v) is 6.57. The van der Waals surface area contributed by atoms with E-state index in [1.165, 1.54) is 41.9 Å². The number of hydrogen-bond donors (Lipinski definition) is 3. The van der Waals surface area contributed by atoms with E-state index in [2.05, 4.69) is 15.0 Å². The Balaban J connectivity index is 1.60. The minimum absolute atomic E-state index is 0.00330. The highest BCUT2D eigenvalue weighted by atomic mass is 32.3. The van der Waals surface area contributed by atoms with Crippen LogP contribution in [0.25, 0.3) is 22.3 Å². The number of nitrogens with zero attached hydrogens (tertiary/aromatic N) is 3. The number of alkyl halides is 2. The molecule has 0 aromatic carbocycles. The number of aromatic nitrogens is 3. The summed E-state index contributed by atoms with van der Waals surface area (Å²) < 4.78 is 72.8. The predicted octanol–water partition coefficient (Wildman–Crippen LogP) is 4.10. The van der Waals surface area contributed by atoms with Gasteiger partial charge in [-0.3, -0.25) is 14.1 Å². The average Bonchev–Trinajstić information content (AvgIpc) is 3.18. The summed E-state index contributed by atoms with van der Waals surface area (Å²) in [6.07, 6.45) is 0.791. The molecule has 8 nitrogen and oxygen atoms in total. The quantitative estimate of drug-likeness (QED) is 0.514. The summed E-state index contributed by atoms with van der Waals surface area (Å²) in [4.78, 5) is 10.9. The van der Waals surface area contributed by atoms with Gasteiger partial charge in [-0.2, -0.15) is 14.9 Å². The molecule has 0 radical (unpaired) electrons. The monoisotopic (exact) mass is 472 g/mol. The summed E-state index contributed by atoms with van der Waals surface area (Å²) in [7, 11) is -4.96. The standard InChI is InChI=1S/C19H22F2N4O4S2/c1-25(12-5-8-30(26,27)9-6-12)31(28,29)13-2-3-16(23-11-13)14-4-7-22-19-15(14)10-17(24-19)18(20)21/h2-4,7,10-12,18,26-27H,5-6,8-9H2,1H3,(H,22,24). The van der Waals surface area contributed by atoms with Crippen molar-refractivity contribution in [3.63, 3.8) is 0 Å². The fourth-order valence-electron chi connectivity index (χ4n) is 3.70. The first-order valence-electron chi connectivity index (χ1n) is 9.52. The zero-order valence-corrected chi connectivity index (χ0v) is 18.2. The smallest absolute Gasteiger partial charge is 0.278 e. The maximum absolute atomic E-state index is 13.0. The molecule has 3 N–H and O–H groups in total. The van der Waals surface area contributed by atoms with Crippen LogP contribution in [0.3, 0.4) is 0 Å². The van der Waals surface area contributed by atoms with Gasteiger partial charge in [0, 0.05) is 47.9 Å². The number of pyridine rings is 2. The Kier molecular flexibility index (Phi) is 5.77. The molecule has 31 heavy (non-hydrogen) atoms. The second-order valence-corrected chi connectivity index (χ2v) is 11.9. The lowest BCUT2D eigenvalue weighted by molar-refractivity contribution is 0.147. The first kappa shape index (κ1) is 22.1. The molecular weight excluding hydrogens is 450 g/mol. The molecule has 4 heterocycles. The molecule has 3 aromatic heterocycles. The van der Waals surface area contributed by atoms with E-state index in [-0.39, 0.29) is 28.1 Å². The van der Waals surface area contributed by atoms with E-state index in [4.69, 9.17) is 0 Å². The number of rotatable bonds is 5. The van der Waals surface area contributed by atoms with Gasteiger partial charge in [0.15, 0.2) is 0 Å². The van der Waals surface area contributed by atoms with Crippen LogP contribution in [0, 0.1) is 0 Å². The van der Waals surface area contributed by atoms with Crippen LogP contribution in [0.5, 0.6) is 0 Å². The van der Waals surface area contributed by atoms with Gasteiger partial charge in [-0.25, -0.2) is 22.2 Å². The lowest BCUT2D eigenvalue weighted by atomic mass is 10.1. The van der Waals surface area contributed by atoms with Crippen molar-refractivity contribution in [3.05, 3.63) is 42.4 Å². The summed E-state index contributed by atoms with van der Waals surface area (Å²) in [5, 5.41) is 0.472. The fraction of sp³-hybridized carbons (Fsp3) is 0.368. The second-order valence-electron chi connectivity index (χ2n) is 7.49. The van der Waals surface area contributed by atoms with E-state index in [1.807, 2.05) is 0 Å². The maximum Gasteiger partial charge on any atom is 0.278 e. The molecule has 3 aromatic rings. The molecule has 1 saturated heterocycles. The van der Waals surface area contributed by atoms with E-state index in [0.717, 1.165) is 0 Å². The number of fused-ring (bicyclic) bond motifs is 1. The number of hydrogen-bond acceptors (Lipinski definition) is 6. The average molecular weight is 473 g/mol. The van der Waals surface area contributed by atoms with E-state index in [1.54, 1.807) is 6.07 Å². The SMILES string of the molecule is CN(C1CCS(O)(O)CC1)S(=O)(=O)c1ccc(-c2ccnc3[nH]c(C(F)F)cc23)nc1. The molecule has 0 atom stereocenters. The van der Waals surface area contributed by atoms with Gasteiger partial charge in [-0.15, -0.1) is 0 Å². The van der Waals surface area contributed by atoms with Crippen LogP contribution in [0.1, 0.15) is 25.0 Å². The number of sulfonamides is 1. The van der Waals surface area contributed by atoms with Gasteiger partial charge in [-0.1, -0.05) is 0 Å². The molecule has 1 aliphatic rings. The van der Waals surface area contributed by atoms with Crippen LogP contribution in [0.4, 0.5) is 8.78 Å². The molecule has 0 aliphatic carbocycles. The highest BCUT2D eigenvalue weighted by Gasteiger charge is 2.33. The van der Waals surface area contributed by atoms with E-state index < -0.39 is 27.0 Å². The van der Waals surface area contributed by atoms with Crippen LogP contribution in [-0.4, -0.2) is 61.4 Å². The van der Waals surface area contributed by atoms with Crippen molar-refractivity contribution in [3.8, 4) is 11.3 Å².